The van der Waals surface area contributed by atoms with E-state index in [0.717, 1.165) is 47.5 Å². The highest BCUT2D eigenvalue weighted by Gasteiger charge is 2.29. The van der Waals surface area contributed by atoms with Gasteiger partial charge in [-0.05, 0) is 117 Å². The van der Waals surface area contributed by atoms with Crippen molar-refractivity contribution in [1.82, 2.24) is 15.2 Å². The predicted octanol–water partition coefficient (Wildman–Crippen LogP) is 7.48. The van der Waals surface area contributed by atoms with Crippen molar-refractivity contribution in [1.29, 1.82) is 0 Å². The zero-order valence-corrected chi connectivity index (χ0v) is 29.4. The van der Waals surface area contributed by atoms with Crippen molar-refractivity contribution in [2.24, 2.45) is 0 Å². The summed E-state index contributed by atoms with van der Waals surface area (Å²) < 4.78 is 22.0. The van der Waals surface area contributed by atoms with Gasteiger partial charge in [0.05, 0.1) is 25.2 Å². The summed E-state index contributed by atoms with van der Waals surface area (Å²) in [4.78, 5) is 44.4. The molecule has 1 amide bonds. The maximum absolute atomic E-state index is 13.5. The highest BCUT2D eigenvalue weighted by Crippen LogP contribution is 2.35. The molecule has 1 atom stereocenters. The second kappa shape index (κ2) is 18.0. The van der Waals surface area contributed by atoms with Crippen LogP contribution in [-0.2, 0) is 20.8 Å². The van der Waals surface area contributed by atoms with Crippen LogP contribution in [0.15, 0.2) is 66.7 Å². The summed E-state index contributed by atoms with van der Waals surface area (Å²) in [5, 5.41) is 4.02. The van der Waals surface area contributed by atoms with E-state index >= 15 is 0 Å². The number of thioether (sulfide) groups is 1. The Hall–Kier alpha value is -4.19. The van der Waals surface area contributed by atoms with Crippen molar-refractivity contribution < 1.29 is 33.3 Å². The number of esters is 2. The van der Waals surface area contributed by atoms with Crippen LogP contribution in [0.25, 0.3) is 10.9 Å². The van der Waals surface area contributed by atoms with E-state index in [4.69, 9.17) is 30.5 Å². The largest absolute Gasteiger partial charge is 0.497 e. The lowest BCUT2D eigenvalue weighted by atomic mass is 9.93. The molecule has 260 valence electrons. The average molecular weight is 708 g/mol. The molecule has 0 aliphatic carbocycles. The number of likely N-dealkylation sites (tertiary alicyclic amines) is 1. The van der Waals surface area contributed by atoms with Gasteiger partial charge < -0.3 is 29.2 Å². The van der Waals surface area contributed by atoms with Crippen molar-refractivity contribution in [2.45, 2.75) is 45.1 Å². The number of H-pyrrole nitrogens is 1. The van der Waals surface area contributed by atoms with E-state index in [9.17, 15) is 14.4 Å². The highest BCUT2D eigenvalue weighted by atomic mass is 35.5. The Morgan fingerprint density at radius 2 is 1.82 bits per heavy atom. The number of ether oxygens (including phenoxy) is 4. The minimum Gasteiger partial charge on any atom is -0.497 e. The second-order valence-electron chi connectivity index (χ2n) is 11.8. The standard InChI is InChI=1S/C37H42ClN3O7S/c1-25-34(32-22-29(45-2)13-14-33(32)40-25)31(36(43)48-35(42)27-9-11-28(38)12-10-27)15-20-49-24-47-37(44)39-16-6-19-46-30-8-5-7-26(21-30)23-41-17-3-4-18-41/h5,7-14,21-22,31,40H,3-4,6,15-20,23-24H2,1-2H3,(H,39,44). The van der Waals surface area contributed by atoms with Crippen molar-refractivity contribution in [2.75, 3.05) is 45.0 Å². The van der Waals surface area contributed by atoms with E-state index in [1.54, 1.807) is 19.2 Å². The monoisotopic (exact) mass is 707 g/mol. The normalized spacial score (nSPS) is 13.6. The van der Waals surface area contributed by atoms with Crippen LogP contribution in [0.1, 0.15) is 58.8 Å². The Bertz CT molecular complexity index is 1720. The smallest absolute Gasteiger partial charge is 0.407 e. The Morgan fingerprint density at radius 1 is 1.02 bits per heavy atom. The first-order chi connectivity index (χ1) is 23.8. The number of halogens is 1. The minimum absolute atomic E-state index is 0.0955. The van der Waals surface area contributed by atoms with Crippen LogP contribution < -0.4 is 14.8 Å². The van der Waals surface area contributed by atoms with Crippen LogP contribution in [0.4, 0.5) is 4.79 Å². The van der Waals surface area contributed by atoms with Crippen molar-refractivity contribution in [3.05, 3.63) is 94.1 Å². The molecule has 1 unspecified atom stereocenters. The number of hydrogen-bond acceptors (Lipinski definition) is 9. The summed E-state index contributed by atoms with van der Waals surface area (Å²) in [7, 11) is 1.58. The zero-order valence-electron chi connectivity index (χ0n) is 27.8. The molecule has 1 aliphatic rings. The number of aromatic nitrogens is 1. The van der Waals surface area contributed by atoms with Gasteiger partial charge in [0.2, 0.25) is 0 Å². The molecule has 1 aromatic heterocycles. The number of benzene rings is 3. The molecule has 2 N–H and O–H groups in total. The number of amides is 1. The Balaban J connectivity index is 1.08. The molecular formula is C37H42ClN3O7S. The summed E-state index contributed by atoms with van der Waals surface area (Å²) in [6, 6.07) is 19.9. The van der Waals surface area contributed by atoms with Gasteiger partial charge in [-0.2, -0.15) is 0 Å². The van der Waals surface area contributed by atoms with E-state index in [-0.39, 0.29) is 11.5 Å². The molecule has 0 saturated carbocycles. The average Bonchev–Trinajstić information content (AvgIpc) is 3.73. The molecule has 0 spiro atoms. The van der Waals surface area contributed by atoms with Crippen LogP contribution >= 0.6 is 23.4 Å². The Kier molecular flexibility index (Phi) is 13.3. The molecular weight excluding hydrogens is 666 g/mol. The Labute approximate surface area is 295 Å². The third kappa shape index (κ3) is 10.4. The van der Waals surface area contributed by atoms with Gasteiger partial charge >= 0.3 is 18.0 Å². The fourth-order valence-corrected chi connectivity index (χ4v) is 6.72. The molecule has 5 rings (SSSR count). The van der Waals surface area contributed by atoms with Crippen LogP contribution in [-0.4, -0.2) is 73.0 Å². The summed E-state index contributed by atoms with van der Waals surface area (Å²) >= 11 is 7.31. The second-order valence-corrected chi connectivity index (χ2v) is 13.3. The van der Waals surface area contributed by atoms with E-state index in [2.05, 4.69) is 27.3 Å². The topological polar surface area (TPSA) is 119 Å². The van der Waals surface area contributed by atoms with E-state index in [1.165, 1.54) is 42.3 Å². The number of rotatable bonds is 16. The van der Waals surface area contributed by atoms with Gasteiger partial charge in [-0.25, -0.2) is 9.59 Å². The first kappa shape index (κ1) is 36.1. The summed E-state index contributed by atoms with van der Waals surface area (Å²) in [6.45, 7) is 6.00. The van der Waals surface area contributed by atoms with Gasteiger partial charge in [-0.3, -0.25) is 9.69 Å². The molecule has 12 heteroatoms. The predicted molar refractivity (Wildman–Crippen MR) is 192 cm³/mol. The van der Waals surface area contributed by atoms with E-state index in [0.29, 0.717) is 42.5 Å². The summed E-state index contributed by atoms with van der Waals surface area (Å²) in [5.74, 6) is -0.174. The number of alkyl carbamates (subject to hydrolysis) is 1. The number of methoxy groups -OCH3 is 1. The number of nitrogens with one attached hydrogen (secondary N) is 2. The van der Waals surface area contributed by atoms with Gasteiger partial charge in [0.15, 0.2) is 0 Å². The number of aromatic amines is 1. The molecule has 1 saturated heterocycles. The van der Waals surface area contributed by atoms with Crippen LogP contribution in [0.3, 0.4) is 0 Å². The maximum atomic E-state index is 13.5. The quantitative estimate of drug-likeness (QED) is 0.0529. The van der Waals surface area contributed by atoms with Crippen LogP contribution in [0, 0.1) is 6.92 Å². The fourth-order valence-electron chi connectivity index (χ4n) is 5.88. The third-order valence-corrected chi connectivity index (χ3v) is 9.40. The van der Waals surface area contributed by atoms with Gasteiger partial charge in [0, 0.05) is 34.7 Å². The van der Waals surface area contributed by atoms with Gasteiger partial charge in [-0.1, -0.05) is 23.7 Å². The molecule has 0 bridgehead atoms. The lowest BCUT2D eigenvalue weighted by molar-refractivity contribution is -0.139. The van der Waals surface area contributed by atoms with Crippen LogP contribution in [0.5, 0.6) is 11.5 Å². The third-order valence-electron chi connectivity index (χ3n) is 8.34. The molecule has 1 fully saturated rings. The molecule has 0 radical (unpaired) electrons. The summed E-state index contributed by atoms with van der Waals surface area (Å²) in [6.07, 6.45) is 2.97. The van der Waals surface area contributed by atoms with E-state index < -0.39 is 23.9 Å². The van der Waals surface area contributed by atoms with E-state index in [1.807, 2.05) is 37.3 Å². The number of carbonyl (C=O) groups excluding carboxylic acids is 3. The molecule has 3 aromatic carbocycles. The SMILES string of the molecule is COc1ccc2[nH]c(C)c(C(CCSCOC(=O)NCCCOc3cccc(CN4CCCC4)c3)C(=O)OC(=O)c3ccc(Cl)cc3)c2c1. The van der Waals surface area contributed by atoms with Crippen molar-refractivity contribution in [3.63, 3.8) is 0 Å². The van der Waals surface area contributed by atoms with Crippen molar-refractivity contribution >= 4 is 52.3 Å². The van der Waals surface area contributed by atoms with Gasteiger partial charge in [-0.15, -0.1) is 11.8 Å². The molecule has 1 aliphatic heterocycles. The number of nitrogens with zero attached hydrogens (tertiary/aromatic N) is 1. The number of hydrogen-bond donors (Lipinski definition) is 2. The van der Waals surface area contributed by atoms with Gasteiger partial charge in [0.1, 0.15) is 17.4 Å². The number of aryl methyl sites for hydroxylation is 1. The maximum Gasteiger partial charge on any atom is 0.407 e. The van der Waals surface area contributed by atoms with Crippen molar-refractivity contribution in [3.8, 4) is 11.5 Å². The zero-order chi connectivity index (χ0) is 34.6. The lowest BCUT2D eigenvalue weighted by Crippen LogP contribution is -2.26. The Morgan fingerprint density at radius 3 is 2.59 bits per heavy atom. The summed E-state index contributed by atoms with van der Waals surface area (Å²) in [5.41, 5.74) is 3.80. The van der Waals surface area contributed by atoms with Gasteiger partial charge in [0.25, 0.3) is 0 Å². The highest BCUT2D eigenvalue weighted by molar-refractivity contribution is 7.99. The number of fused-ring (bicyclic) bond motifs is 1. The number of carbonyl (C=O) groups is 3. The molecule has 10 nitrogen and oxygen atoms in total. The molecule has 49 heavy (non-hydrogen) atoms. The first-order valence-electron chi connectivity index (χ1n) is 16.4. The van der Waals surface area contributed by atoms with Crippen LogP contribution in [0.2, 0.25) is 5.02 Å². The first-order valence-corrected chi connectivity index (χ1v) is 17.9. The molecule has 4 aromatic rings. The minimum atomic E-state index is -0.764. The lowest BCUT2D eigenvalue weighted by Gasteiger charge is -2.17. The fraction of sp³-hybridized carbons (Fsp3) is 0.378. The molecule has 2 heterocycles.